The lowest BCUT2D eigenvalue weighted by atomic mass is 10.1. The van der Waals surface area contributed by atoms with Crippen LogP contribution < -0.4 is 0 Å². The van der Waals surface area contributed by atoms with Gasteiger partial charge in [0.05, 0.1) is 25.0 Å². The molecular formula is C17H19N3O3. The number of nitriles is 2. The minimum atomic E-state index is -0.442. The Balaban J connectivity index is 2.35. The fraction of sp³-hybridized carbons (Fsp3) is 0.412. The summed E-state index contributed by atoms with van der Waals surface area (Å²) < 4.78 is 4.97. The van der Waals surface area contributed by atoms with Crippen LogP contribution in [0.25, 0.3) is 0 Å². The predicted octanol–water partition coefficient (Wildman–Crippen LogP) is 1.82. The molecule has 0 heterocycles. The lowest BCUT2D eigenvalue weighted by Crippen LogP contribution is -2.36. The van der Waals surface area contributed by atoms with Gasteiger partial charge in [0.25, 0.3) is 5.91 Å². The Morgan fingerprint density at radius 1 is 1.04 bits per heavy atom. The highest BCUT2D eigenvalue weighted by molar-refractivity contribution is 5.80. The van der Waals surface area contributed by atoms with E-state index in [9.17, 15) is 9.59 Å². The number of esters is 1. The van der Waals surface area contributed by atoms with Crippen molar-refractivity contribution in [2.75, 3.05) is 19.7 Å². The first-order chi connectivity index (χ1) is 11.2. The molecule has 0 aliphatic carbocycles. The fourth-order valence-electron chi connectivity index (χ4n) is 1.93. The minimum absolute atomic E-state index is 0.180. The largest absolute Gasteiger partial charge is 0.456 e. The van der Waals surface area contributed by atoms with E-state index in [1.165, 1.54) is 4.90 Å². The number of hydrogen-bond donors (Lipinski definition) is 0. The van der Waals surface area contributed by atoms with E-state index in [1.54, 1.807) is 0 Å². The molecule has 23 heavy (non-hydrogen) atoms. The summed E-state index contributed by atoms with van der Waals surface area (Å²) in [5.41, 5.74) is 1.03. The molecule has 0 bridgehead atoms. The van der Waals surface area contributed by atoms with Crippen molar-refractivity contribution in [1.82, 2.24) is 4.90 Å². The van der Waals surface area contributed by atoms with Crippen LogP contribution in [0, 0.1) is 22.7 Å². The third kappa shape index (κ3) is 7.63. The number of carbonyl (C=O) groups is 2. The molecule has 0 fully saturated rings. The topological polar surface area (TPSA) is 94.2 Å². The zero-order valence-corrected chi connectivity index (χ0v) is 12.9. The summed E-state index contributed by atoms with van der Waals surface area (Å²) in [7, 11) is 0. The summed E-state index contributed by atoms with van der Waals surface area (Å²) in [6, 6.07) is 13.4. The molecule has 0 saturated carbocycles. The zero-order valence-electron chi connectivity index (χ0n) is 12.9. The summed E-state index contributed by atoms with van der Waals surface area (Å²) in [4.78, 5) is 25.0. The van der Waals surface area contributed by atoms with Crippen LogP contribution >= 0.6 is 0 Å². The van der Waals surface area contributed by atoms with Crippen molar-refractivity contribution in [2.24, 2.45) is 0 Å². The molecule has 0 unspecified atom stereocenters. The molecule has 6 nitrogen and oxygen atoms in total. The van der Waals surface area contributed by atoms with Gasteiger partial charge in [-0.3, -0.25) is 9.59 Å². The van der Waals surface area contributed by atoms with Crippen LogP contribution in [0.1, 0.15) is 24.8 Å². The van der Waals surface area contributed by atoms with E-state index in [0.717, 1.165) is 5.56 Å². The van der Waals surface area contributed by atoms with E-state index in [4.69, 9.17) is 15.3 Å². The maximum absolute atomic E-state index is 12.0. The Hall–Kier alpha value is -2.86. The molecule has 0 atom stereocenters. The van der Waals surface area contributed by atoms with E-state index >= 15 is 0 Å². The van der Waals surface area contributed by atoms with Gasteiger partial charge in [0.15, 0.2) is 6.61 Å². The van der Waals surface area contributed by atoms with Crippen LogP contribution in [0.4, 0.5) is 0 Å². The van der Waals surface area contributed by atoms with Crippen molar-refractivity contribution in [3.8, 4) is 12.1 Å². The average molecular weight is 313 g/mol. The predicted molar refractivity (Wildman–Crippen MR) is 82.8 cm³/mol. The van der Waals surface area contributed by atoms with Crippen LogP contribution in [0.3, 0.4) is 0 Å². The number of benzene rings is 1. The second-order valence-electron chi connectivity index (χ2n) is 4.84. The lowest BCUT2D eigenvalue weighted by Gasteiger charge is -2.20. The van der Waals surface area contributed by atoms with Crippen molar-refractivity contribution < 1.29 is 14.3 Å². The van der Waals surface area contributed by atoms with Crippen molar-refractivity contribution in [2.45, 2.75) is 25.7 Å². The molecule has 0 aromatic heterocycles. The first kappa shape index (κ1) is 18.2. The van der Waals surface area contributed by atoms with Crippen molar-refractivity contribution >= 4 is 11.9 Å². The standard InChI is InChI=1S/C17H19N3O3/c18-10-4-12-20(13-5-11-19)16(21)14-23-17(22)9-8-15-6-2-1-3-7-15/h1-3,6-7H,4-5,8-9,12-14H2. The molecule has 0 saturated heterocycles. The Bertz CT molecular complexity index is 569. The minimum Gasteiger partial charge on any atom is -0.456 e. The summed E-state index contributed by atoms with van der Waals surface area (Å²) in [6.45, 7) is 0.113. The normalized spacial score (nSPS) is 9.48. The van der Waals surface area contributed by atoms with Gasteiger partial charge in [-0.2, -0.15) is 10.5 Å². The number of amides is 1. The van der Waals surface area contributed by atoms with Gasteiger partial charge >= 0.3 is 5.97 Å². The van der Waals surface area contributed by atoms with E-state index in [2.05, 4.69) is 0 Å². The Morgan fingerprint density at radius 3 is 2.22 bits per heavy atom. The van der Waals surface area contributed by atoms with Gasteiger partial charge in [0.1, 0.15) is 0 Å². The summed E-state index contributed by atoms with van der Waals surface area (Å²) in [5.74, 6) is -0.828. The number of ether oxygens (including phenoxy) is 1. The molecule has 1 rings (SSSR count). The number of aryl methyl sites for hydroxylation is 1. The fourth-order valence-corrected chi connectivity index (χ4v) is 1.93. The molecule has 1 amide bonds. The number of hydrogen-bond acceptors (Lipinski definition) is 5. The Morgan fingerprint density at radius 2 is 1.65 bits per heavy atom. The summed E-state index contributed by atoms with van der Waals surface area (Å²) >= 11 is 0. The molecule has 0 N–H and O–H groups in total. The number of carbonyl (C=O) groups excluding carboxylic acids is 2. The third-order valence-electron chi connectivity index (χ3n) is 3.16. The SMILES string of the molecule is N#CCCN(CCC#N)C(=O)COC(=O)CCc1ccccc1. The van der Waals surface area contributed by atoms with Gasteiger partial charge in [0.2, 0.25) is 0 Å². The summed E-state index contributed by atoms with van der Waals surface area (Å²) in [6.07, 6.45) is 1.12. The average Bonchev–Trinajstić information content (AvgIpc) is 2.59. The van der Waals surface area contributed by atoms with E-state index in [0.29, 0.717) is 6.42 Å². The molecule has 0 aliphatic heterocycles. The molecule has 0 aliphatic rings. The van der Waals surface area contributed by atoms with Crippen molar-refractivity contribution in [3.05, 3.63) is 35.9 Å². The van der Waals surface area contributed by atoms with Gasteiger partial charge < -0.3 is 9.64 Å². The molecular weight excluding hydrogens is 294 g/mol. The lowest BCUT2D eigenvalue weighted by molar-refractivity contribution is -0.152. The number of nitrogens with zero attached hydrogens (tertiary/aromatic N) is 3. The van der Waals surface area contributed by atoms with Crippen molar-refractivity contribution in [3.63, 3.8) is 0 Å². The van der Waals surface area contributed by atoms with Gasteiger partial charge in [-0.1, -0.05) is 30.3 Å². The monoisotopic (exact) mass is 313 g/mol. The van der Waals surface area contributed by atoms with Gasteiger partial charge in [-0.15, -0.1) is 0 Å². The highest BCUT2D eigenvalue weighted by Crippen LogP contribution is 2.04. The highest BCUT2D eigenvalue weighted by Gasteiger charge is 2.15. The quantitative estimate of drug-likeness (QED) is 0.648. The maximum Gasteiger partial charge on any atom is 0.306 e. The molecule has 0 spiro atoms. The van der Waals surface area contributed by atoms with Crippen LogP contribution in [-0.4, -0.2) is 36.5 Å². The third-order valence-corrected chi connectivity index (χ3v) is 3.16. The second-order valence-corrected chi connectivity index (χ2v) is 4.84. The van der Waals surface area contributed by atoms with Gasteiger partial charge in [-0.05, 0) is 12.0 Å². The molecule has 6 heteroatoms. The first-order valence-electron chi connectivity index (χ1n) is 7.38. The first-order valence-corrected chi connectivity index (χ1v) is 7.38. The Labute approximate surface area is 135 Å². The van der Waals surface area contributed by atoms with Crippen LogP contribution in [0.15, 0.2) is 30.3 Å². The smallest absolute Gasteiger partial charge is 0.306 e. The van der Waals surface area contributed by atoms with Crippen LogP contribution in [-0.2, 0) is 20.7 Å². The maximum atomic E-state index is 12.0. The van der Waals surface area contributed by atoms with E-state index in [-0.39, 0.29) is 44.9 Å². The molecule has 0 radical (unpaired) electrons. The van der Waals surface area contributed by atoms with E-state index in [1.807, 2.05) is 42.5 Å². The van der Waals surface area contributed by atoms with Gasteiger partial charge in [0, 0.05) is 19.5 Å². The van der Waals surface area contributed by atoms with Gasteiger partial charge in [-0.25, -0.2) is 0 Å². The van der Waals surface area contributed by atoms with Crippen LogP contribution in [0.5, 0.6) is 0 Å². The number of rotatable bonds is 9. The van der Waals surface area contributed by atoms with Crippen molar-refractivity contribution in [1.29, 1.82) is 10.5 Å². The molecule has 1 aromatic carbocycles. The molecule has 120 valence electrons. The van der Waals surface area contributed by atoms with E-state index < -0.39 is 5.97 Å². The molecule has 1 aromatic rings. The summed E-state index contributed by atoms with van der Waals surface area (Å²) in [5, 5.41) is 17.2. The van der Waals surface area contributed by atoms with Crippen LogP contribution in [0.2, 0.25) is 0 Å². The highest BCUT2D eigenvalue weighted by atomic mass is 16.5. The zero-order chi connectivity index (χ0) is 16.9. The Kier molecular flexibility index (Phi) is 8.55. The second kappa shape index (κ2) is 10.8.